The molecule has 1 heterocycles. The van der Waals surface area contributed by atoms with E-state index in [9.17, 15) is 18.0 Å². The molecule has 88 valence electrons. The van der Waals surface area contributed by atoms with Crippen molar-refractivity contribution in [2.24, 2.45) is 5.41 Å². The average Bonchev–Trinajstić information content (AvgIpc) is 2.47. The Morgan fingerprint density at radius 2 is 1.80 bits per heavy atom. The standard InChI is InChI=1S/C10H16F3NO/c1-9(2,3)7-5-4-6-14(7)8(15)10(11,12)13/h7H,4-6H2,1-3H3. The van der Waals surface area contributed by atoms with E-state index in [1.807, 2.05) is 20.8 Å². The number of hydrogen-bond acceptors (Lipinski definition) is 1. The second kappa shape index (κ2) is 3.68. The topological polar surface area (TPSA) is 20.3 Å². The van der Waals surface area contributed by atoms with Gasteiger partial charge in [0.05, 0.1) is 0 Å². The van der Waals surface area contributed by atoms with Crippen molar-refractivity contribution in [1.29, 1.82) is 0 Å². The number of hydrogen-bond donors (Lipinski definition) is 0. The van der Waals surface area contributed by atoms with Crippen LogP contribution in [0.15, 0.2) is 0 Å². The fraction of sp³-hybridized carbons (Fsp3) is 0.900. The molecular weight excluding hydrogens is 207 g/mol. The average molecular weight is 223 g/mol. The molecule has 15 heavy (non-hydrogen) atoms. The molecule has 1 rings (SSSR count). The van der Waals surface area contributed by atoms with Gasteiger partial charge < -0.3 is 4.90 Å². The molecule has 2 nitrogen and oxygen atoms in total. The van der Waals surface area contributed by atoms with Crippen molar-refractivity contribution in [2.45, 2.75) is 45.8 Å². The Bertz CT molecular complexity index is 254. The number of rotatable bonds is 0. The highest BCUT2D eigenvalue weighted by atomic mass is 19.4. The van der Waals surface area contributed by atoms with Crippen molar-refractivity contribution >= 4 is 5.91 Å². The van der Waals surface area contributed by atoms with Gasteiger partial charge in [0.2, 0.25) is 0 Å². The summed E-state index contributed by atoms with van der Waals surface area (Å²) in [6.07, 6.45) is -3.43. The number of likely N-dealkylation sites (tertiary alicyclic amines) is 1. The van der Waals surface area contributed by atoms with Crippen LogP contribution in [-0.4, -0.2) is 29.6 Å². The van der Waals surface area contributed by atoms with E-state index in [1.54, 1.807) is 0 Å². The quantitative estimate of drug-likeness (QED) is 0.618. The van der Waals surface area contributed by atoms with Crippen molar-refractivity contribution in [3.63, 3.8) is 0 Å². The molecule has 1 saturated heterocycles. The third-order valence-electron chi connectivity index (χ3n) is 2.76. The number of amides is 1. The number of nitrogens with zero attached hydrogens (tertiary/aromatic N) is 1. The number of halogens is 3. The number of carbonyl (C=O) groups excluding carboxylic acids is 1. The predicted octanol–water partition coefficient (Wildman–Crippen LogP) is 2.59. The molecule has 0 saturated carbocycles. The lowest BCUT2D eigenvalue weighted by atomic mass is 9.85. The van der Waals surface area contributed by atoms with Gasteiger partial charge in [0.15, 0.2) is 0 Å². The van der Waals surface area contributed by atoms with Crippen molar-refractivity contribution in [3.05, 3.63) is 0 Å². The highest BCUT2D eigenvalue weighted by molar-refractivity contribution is 5.82. The van der Waals surface area contributed by atoms with E-state index in [-0.39, 0.29) is 18.0 Å². The molecular formula is C10H16F3NO. The van der Waals surface area contributed by atoms with Crippen LogP contribution in [0.3, 0.4) is 0 Å². The van der Waals surface area contributed by atoms with Crippen LogP contribution in [0, 0.1) is 5.41 Å². The summed E-state index contributed by atoms with van der Waals surface area (Å²) < 4.78 is 36.8. The van der Waals surface area contributed by atoms with Crippen LogP contribution in [0.1, 0.15) is 33.6 Å². The summed E-state index contributed by atoms with van der Waals surface area (Å²) >= 11 is 0. The maximum absolute atomic E-state index is 12.3. The molecule has 0 aliphatic carbocycles. The van der Waals surface area contributed by atoms with Crippen LogP contribution in [0.25, 0.3) is 0 Å². The Morgan fingerprint density at radius 3 is 2.20 bits per heavy atom. The molecule has 0 bridgehead atoms. The molecule has 0 aromatic heterocycles. The van der Waals surface area contributed by atoms with Crippen molar-refractivity contribution in [3.8, 4) is 0 Å². The predicted molar refractivity (Wildman–Crippen MR) is 50.2 cm³/mol. The molecule has 0 spiro atoms. The van der Waals surface area contributed by atoms with E-state index in [2.05, 4.69) is 0 Å². The minimum Gasteiger partial charge on any atom is -0.331 e. The first-order valence-electron chi connectivity index (χ1n) is 5.02. The first-order valence-corrected chi connectivity index (χ1v) is 5.02. The molecule has 1 atom stereocenters. The Balaban J connectivity index is 2.82. The minimum atomic E-state index is -4.74. The first kappa shape index (κ1) is 12.3. The van der Waals surface area contributed by atoms with Crippen molar-refractivity contribution in [1.82, 2.24) is 4.90 Å². The summed E-state index contributed by atoms with van der Waals surface area (Å²) in [5.74, 6) is -1.69. The molecule has 0 radical (unpaired) electrons. The van der Waals surface area contributed by atoms with Gasteiger partial charge in [-0.1, -0.05) is 20.8 Å². The van der Waals surface area contributed by atoms with E-state index < -0.39 is 12.1 Å². The summed E-state index contributed by atoms with van der Waals surface area (Å²) in [5.41, 5.74) is -0.294. The van der Waals surface area contributed by atoms with E-state index in [0.29, 0.717) is 12.8 Å². The van der Waals surface area contributed by atoms with Gasteiger partial charge in [-0.2, -0.15) is 13.2 Å². The van der Waals surface area contributed by atoms with E-state index in [1.165, 1.54) is 0 Å². The maximum Gasteiger partial charge on any atom is 0.471 e. The normalized spacial score (nSPS) is 23.3. The third-order valence-corrected chi connectivity index (χ3v) is 2.76. The second-order valence-corrected chi connectivity index (χ2v) is 5.02. The molecule has 0 aromatic rings. The molecule has 5 heteroatoms. The zero-order chi connectivity index (χ0) is 11.9. The Labute approximate surface area is 87.4 Å². The smallest absolute Gasteiger partial charge is 0.331 e. The lowest BCUT2D eigenvalue weighted by Crippen LogP contribution is -2.48. The van der Waals surface area contributed by atoms with Gasteiger partial charge in [-0.05, 0) is 18.3 Å². The lowest BCUT2D eigenvalue weighted by molar-refractivity contribution is -0.188. The molecule has 1 unspecified atom stereocenters. The van der Waals surface area contributed by atoms with Crippen molar-refractivity contribution < 1.29 is 18.0 Å². The molecule has 1 amide bonds. The summed E-state index contributed by atoms with van der Waals surface area (Å²) in [6, 6.07) is -0.299. The zero-order valence-electron chi connectivity index (χ0n) is 9.19. The SMILES string of the molecule is CC(C)(C)C1CCCN1C(=O)C(F)(F)F. The summed E-state index contributed by atoms with van der Waals surface area (Å²) in [4.78, 5) is 12.1. The van der Waals surface area contributed by atoms with E-state index in [4.69, 9.17) is 0 Å². The van der Waals surface area contributed by atoms with Crippen LogP contribution in [-0.2, 0) is 4.79 Å². The summed E-state index contributed by atoms with van der Waals surface area (Å²) in [6.45, 7) is 5.80. The van der Waals surface area contributed by atoms with Crippen LogP contribution in [0.2, 0.25) is 0 Å². The number of alkyl halides is 3. The van der Waals surface area contributed by atoms with Crippen molar-refractivity contribution in [2.75, 3.05) is 6.54 Å². The largest absolute Gasteiger partial charge is 0.471 e. The van der Waals surface area contributed by atoms with Gasteiger partial charge >= 0.3 is 12.1 Å². The van der Waals surface area contributed by atoms with Gasteiger partial charge in [-0.3, -0.25) is 4.79 Å². The first-order chi connectivity index (χ1) is 6.64. The zero-order valence-corrected chi connectivity index (χ0v) is 9.19. The summed E-state index contributed by atoms with van der Waals surface area (Å²) in [7, 11) is 0. The highest BCUT2D eigenvalue weighted by Crippen LogP contribution is 2.35. The minimum absolute atomic E-state index is 0.222. The van der Waals surface area contributed by atoms with Gasteiger partial charge in [0.25, 0.3) is 0 Å². The third kappa shape index (κ3) is 2.63. The fourth-order valence-electron chi connectivity index (χ4n) is 2.07. The molecule has 1 aliphatic heterocycles. The van der Waals surface area contributed by atoms with Crippen LogP contribution < -0.4 is 0 Å². The van der Waals surface area contributed by atoms with Crippen LogP contribution >= 0.6 is 0 Å². The van der Waals surface area contributed by atoms with Gasteiger partial charge in [-0.25, -0.2) is 0 Å². The maximum atomic E-state index is 12.3. The Hall–Kier alpha value is -0.740. The molecule has 1 aliphatic rings. The second-order valence-electron chi connectivity index (χ2n) is 5.02. The monoisotopic (exact) mass is 223 g/mol. The molecule has 0 aromatic carbocycles. The van der Waals surface area contributed by atoms with Crippen LogP contribution in [0.4, 0.5) is 13.2 Å². The number of carbonyl (C=O) groups is 1. The van der Waals surface area contributed by atoms with E-state index in [0.717, 1.165) is 4.90 Å². The lowest BCUT2D eigenvalue weighted by Gasteiger charge is -2.35. The van der Waals surface area contributed by atoms with Gasteiger partial charge in [0.1, 0.15) is 0 Å². The highest BCUT2D eigenvalue weighted by Gasteiger charge is 2.48. The Morgan fingerprint density at radius 1 is 1.27 bits per heavy atom. The van der Waals surface area contributed by atoms with Gasteiger partial charge in [0, 0.05) is 12.6 Å². The molecule has 0 N–H and O–H groups in total. The van der Waals surface area contributed by atoms with Gasteiger partial charge in [-0.15, -0.1) is 0 Å². The Kier molecular flexibility index (Phi) is 3.03. The molecule has 1 fully saturated rings. The summed E-state index contributed by atoms with van der Waals surface area (Å²) in [5, 5.41) is 0. The fourth-order valence-corrected chi connectivity index (χ4v) is 2.07. The van der Waals surface area contributed by atoms with E-state index >= 15 is 0 Å². The van der Waals surface area contributed by atoms with Crippen LogP contribution in [0.5, 0.6) is 0 Å².